The highest BCUT2D eigenvalue weighted by atomic mass is 16.5. The van der Waals surface area contributed by atoms with Crippen LogP contribution in [0.4, 0.5) is 21.9 Å². The predicted molar refractivity (Wildman–Crippen MR) is 60.6 cm³/mol. The monoisotopic (exact) mass is 209 g/mol. The molecule has 0 saturated carbocycles. The van der Waals surface area contributed by atoms with Gasteiger partial charge >= 0.3 is 6.09 Å². The molecule has 0 aliphatic heterocycles. The number of nitrogen functional groups attached to an aromatic ring is 2. The van der Waals surface area contributed by atoms with Crippen LogP contribution < -0.4 is 16.8 Å². The molecule has 1 aromatic carbocycles. The zero-order valence-corrected chi connectivity index (χ0v) is 8.83. The summed E-state index contributed by atoms with van der Waals surface area (Å²) in [6, 6.07) is 3.33. The van der Waals surface area contributed by atoms with E-state index < -0.39 is 6.09 Å². The van der Waals surface area contributed by atoms with Crippen LogP contribution in [-0.4, -0.2) is 12.7 Å². The van der Waals surface area contributed by atoms with Crippen molar-refractivity contribution in [3.63, 3.8) is 0 Å². The average molecular weight is 209 g/mol. The summed E-state index contributed by atoms with van der Waals surface area (Å²) in [7, 11) is 0. The average Bonchev–Trinajstić information content (AvgIpc) is 2.11. The van der Waals surface area contributed by atoms with Crippen molar-refractivity contribution in [1.82, 2.24) is 0 Å². The first-order valence-corrected chi connectivity index (χ1v) is 4.64. The summed E-state index contributed by atoms with van der Waals surface area (Å²) >= 11 is 0. The molecule has 0 heterocycles. The molecule has 0 fully saturated rings. The van der Waals surface area contributed by atoms with Gasteiger partial charge in [-0.25, -0.2) is 4.79 Å². The lowest BCUT2D eigenvalue weighted by atomic mass is 10.1. The van der Waals surface area contributed by atoms with E-state index >= 15 is 0 Å². The van der Waals surface area contributed by atoms with Gasteiger partial charge in [0, 0.05) is 5.69 Å². The number of rotatable bonds is 2. The van der Waals surface area contributed by atoms with E-state index in [2.05, 4.69) is 5.32 Å². The molecular formula is C10H15N3O2. The van der Waals surface area contributed by atoms with E-state index in [1.165, 1.54) is 0 Å². The number of benzene rings is 1. The highest BCUT2D eigenvalue weighted by molar-refractivity contribution is 5.91. The molecule has 0 spiro atoms. The molecule has 0 aliphatic carbocycles. The topological polar surface area (TPSA) is 90.4 Å². The van der Waals surface area contributed by atoms with Gasteiger partial charge in [0.15, 0.2) is 0 Å². The summed E-state index contributed by atoms with van der Waals surface area (Å²) in [5, 5.41) is 2.56. The summed E-state index contributed by atoms with van der Waals surface area (Å²) in [6.07, 6.45) is -0.517. The molecule has 0 aliphatic rings. The molecule has 82 valence electrons. The van der Waals surface area contributed by atoms with Gasteiger partial charge in [-0.1, -0.05) is 0 Å². The normalized spacial score (nSPS) is 9.73. The zero-order valence-electron chi connectivity index (χ0n) is 8.83. The molecular weight excluding hydrogens is 194 g/mol. The third kappa shape index (κ3) is 2.77. The minimum Gasteiger partial charge on any atom is -0.450 e. The van der Waals surface area contributed by atoms with E-state index in [0.29, 0.717) is 23.7 Å². The fraction of sp³-hybridized carbons (Fsp3) is 0.300. The van der Waals surface area contributed by atoms with Gasteiger partial charge in [0.1, 0.15) is 0 Å². The Balaban J connectivity index is 2.90. The minimum atomic E-state index is -0.517. The summed E-state index contributed by atoms with van der Waals surface area (Å²) in [5.41, 5.74) is 13.7. The Morgan fingerprint density at radius 3 is 2.67 bits per heavy atom. The molecule has 1 amide bonds. The smallest absolute Gasteiger partial charge is 0.411 e. The first-order chi connectivity index (χ1) is 7.04. The van der Waals surface area contributed by atoms with E-state index in [1.54, 1.807) is 19.1 Å². The number of carbonyl (C=O) groups is 1. The lowest BCUT2D eigenvalue weighted by Crippen LogP contribution is -2.15. The molecule has 5 N–H and O–H groups in total. The second kappa shape index (κ2) is 4.54. The SMILES string of the molecule is CCOC(=O)Nc1c(C)cc(N)cc1N. The van der Waals surface area contributed by atoms with Crippen LogP contribution in [0.25, 0.3) is 0 Å². The van der Waals surface area contributed by atoms with Crippen molar-refractivity contribution in [1.29, 1.82) is 0 Å². The molecule has 0 atom stereocenters. The van der Waals surface area contributed by atoms with Gasteiger partial charge in [-0.05, 0) is 31.5 Å². The van der Waals surface area contributed by atoms with Crippen LogP contribution in [0, 0.1) is 6.92 Å². The van der Waals surface area contributed by atoms with E-state index in [9.17, 15) is 4.79 Å². The first-order valence-electron chi connectivity index (χ1n) is 4.64. The van der Waals surface area contributed by atoms with Crippen LogP contribution in [0.5, 0.6) is 0 Å². The van der Waals surface area contributed by atoms with Gasteiger partial charge in [-0.15, -0.1) is 0 Å². The van der Waals surface area contributed by atoms with E-state index in [4.69, 9.17) is 16.2 Å². The van der Waals surface area contributed by atoms with Crippen molar-refractivity contribution >= 4 is 23.2 Å². The first kappa shape index (κ1) is 11.2. The molecule has 0 saturated heterocycles. The van der Waals surface area contributed by atoms with Crippen LogP contribution >= 0.6 is 0 Å². The number of aryl methyl sites for hydroxylation is 1. The van der Waals surface area contributed by atoms with Crippen molar-refractivity contribution in [3.05, 3.63) is 17.7 Å². The fourth-order valence-corrected chi connectivity index (χ4v) is 1.28. The fourth-order valence-electron chi connectivity index (χ4n) is 1.28. The number of amides is 1. The maximum absolute atomic E-state index is 11.2. The van der Waals surface area contributed by atoms with Crippen LogP contribution in [-0.2, 0) is 4.74 Å². The summed E-state index contributed by atoms with van der Waals surface area (Å²) < 4.78 is 4.75. The molecule has 0 radical (unpaired) electrons. The van der Waals surface area contributed by atoms with E-state index in [-0.39, 0.29) is 0 Å². The summed E-state index contributed by atoms with van der Waals surface area (Å²) in [6.45, 7) is 3.87. The number of ether oxygens (including phenoxy) is 1. The standard InChI is InChI=1S/C10H15N3O2/c1-3-15-10(14)13-9-6(2)4-7(11)5-8(9)12/h4-5H,3,11-12H2,1-2H3,(H,13,14). The second-order valence-corrected chi connectivity index (χ2v) is 3.15. The molecule has 5 heteroatoms. The predicted octanol–water partition coefficient (Wildman–Crippen LogP) is 1.73. The van der Waals surface area contributed by atoms with Gasteiger partial charge in [0.05, 0.1) is 18.0 Å². The Bertz CT molecular complexity index is 354. The number of nitrogens with two attached hydrogens (primary N) is 2. The van der Waals surface area contributed by atoms with Crippen molar-refractivity contribution < 1.29 is 9.53 Å². The highest BCUT2D eigenvalue weighted by Gasteiger charge is 2.08. The molecule has 0 aromatic heterocycles. The summed E-state index contributed by atoms with van der Waals surface area (Å²) in [5.74, 6) is 0. The molecule has 0 unspecified atom stereocenters. The van der Waals surface area contributed by atoms with Gasteiger partial charge in [-0.2, -0.15) is 0 Å². The molecule has 15 heavy (non-hydrogen) atoms. The molecule has 1 rings (SSSR count). The van der Waals surface area contributed by atoms with Gasteiger partial charge in [0.25, 0.3) is 0 Å². The van der Waals surface area contributed by atoms with Crippen molar-refractivity contribution in [2.45, 2.75) is 13.8 Å². The third-order valence-electron chi connectivity index (χ3n) is 1.89. The number of hydrogen-bond donors (Lipinski definition) is 3. The Labute approximate surface area is 88.4 Å². The van der Waals surface area contributed by atoms with Crippen molar-refractivity contribution in [3.8, 4) is 0 Å². The van der Waals surface area contributed by atoms with Crippen LogP contribution in [0.1, 0.15) is 12.5 Å². The quantitative estimate of drug-likeness (QED) is 0.647. The van der Waals surface area contributed by atoms with E-state index in [1.807, 2.05) is 6.92 Å². The molecule has 5 nitrogen and oxygen atoms in total. The largest absolute Gasteiger partial charge is 0.450 e. The number of hydrogen-bond acceptors (Lipinski definition) is 4. The lowest BCUT2D eigenvalue weighted by Gasteiger charge is -2.11. The Hall–Kier alpha value is -1.91. The van der Waals surface area contributed by atoms with Gasteiger partial charge in [0.2, 0.25) is 0 Å². The maximum Gasteiger partial charge on any atom is 0.411 e. The van der Waals surface area contributed by atoms with Gasteiger partial charge < -0.3 is 16.2 Å². The number of anilines is 3. The third-order valence-corrected chi connectivity index (χ3v) is 1.89. The Morgan fingerprint density at radius 1 is 1.47 bits per heavy atom. The van der Waals surface area contributed by atoms with E-state index in [0.717, 1.165) is 5.56 Å². The molecule has 0 bridgehead atoms. The van der Waals surface area contributed by atoms with Gasteiger partial charge in [-0.3, -0.25) is 5.32 Å². The Kier molecular flexibility index (Phi) is 3.38. The zero-order chi connectivity index (χ0) is 11.4. The summed E-state index contributed by atoms with van der Waals surface area (Å²) in [4.78, 5) is 11.2. The lowest BCUT2D eigenvalue weighted by molar-refractivity contribution is 0.168. The molecule has 1 aromatic rings. The maximum atomic E-state index is 11.2. The van der Waals surface area contributed by atoms with Crippen LogP contribution in [0.15, 0.2) is 12.1 Å². The minimum absolute atomic E-state index is 0.319. The Morgan fingerprint density at radius 2 is 2.13 bits per heavy atom. The van der Waals surface area contributed by atoms with Crippen molar-refractivity contribution in [2.75, 3.05) is 23.4 Å². The van der Waals surface area contributed by atoms with Crippen LogP contribution in [0.2, 0.25) is 0 Å². The number of carbonyl (C=O) groups excluding carboxylic acids is 1. The highest BCUT2D eigenvalue weighted by Crippen LogP contribution is 2.26. The number of nitrogens with one attached hydrogen (secondary N) is 1. The van der Waals surface area contributed by atoms with Crippen LogP contribution in [0.3, 0.4) is 0 Å². The second-order valence-electron chi connectivity index (χ2n) is 3.15. The van der Waals surface area contributed by atoms with Crippen molar-refractivity contribution in [2.24, 2.45) is 0 Å².